The third kappa shape index (κ3) is 4.09. The van der Waals surface area contributed by atoms with Crippen molar-refractivity contribution in [1.82, 2.24) is 10.6 Å². The van der Waals surface area contributed by atoms with E-state index in [0.29, 0.717) is 0 Å². The Bertz CT molecular complexity index is 685. The summed E-state index contributed by atoms with van der Waals surface area (Å²) in [5.74, 6) is -2.47. The lowest BCUT2D eigenvalue weighted by Gasteiger charge is -2.41. The van der Waals surface area contributed by atoms with E-state index in [2.05, 4.69) is 10.6 Å². The van der Waals surface area contributed by atoms with Crippen molar-refractivity contribution in [2.45, 2.75) is 38.0 Å². The third-order valence-corrected chi connectivity index (χ3v) is 4.83. The fourth-order valence-corrected chi connectivity index (χ4v) is 2.68. The first-order chi connectivity index (χ1) is 12.3. The number of carboxylic acid groups (broad SMARTS) is 2. The molecule has 0 bridgehead atoms. The summed E-state index contributed by atoms with van der Waals surface area (Å²) in [5.41, 5.74) is -1.72. The van der Waals surface area contributed by atoms with Gasteiger partial charge in [-0.1, -0.05) is 60.7 Å². The second kappa shape index (κ2) is 8.12. The minimum Gasteiger partial charge on any atom is -0.480 e. The van der Waals surface area contributed by atoms with Crippen molar-refractivity contribution >= 4 is 11.9 Å². The molecule has 6 heteroatoms. The van der Waals surface area contributed by atoms with Crippen LogP contribution in [0.15, 0.2) is 60.7 Å². The number of aliphatic carboxylic acids is 2. The van der Waals surface area contributed by atoms with E-state index in [1.165, 1.54) is 13.8 Å². The summed E-state index contributed by atoms with van der Waals surface area (Å²) in [4.78, 5) is 24.1. The number of carboxylic acids is 2. The zero-order valence-corrected chi connectivity index (χ0v) is 14.9. The monoisotopic (exact) mass is 356 g/mol. The quantitative estimate of drug-likeness (QED) is 0.550. The minimum atomic E-state index is -1.73. The fraction of sp³-hybridized carbons (Fsp3) is 0.300. The van der Waals surface area contributed by atoms with Crippen LogP contribution in [0, 0.1) is 0 Å². The SMILES string of the molecule is CC(NCc1ccccc1)(C(=O)O)C(C)(NCc1ccccc1)C(=O)O. The molecule has 0 saturated carbocycles. The van der Waals surface area contributed by atoms with Crippen LogP contribution in [0.5, 0.6) is 0 Å². The van der Waals surface area contributed by atoms with Crippen LogP contribution >= 0.6 is 0 Å². The normalized spacial score (nSPS) is 15.6. The molecule has 2 atom stereocenters. The standard InChI is InChI=1S/C20H24N2O4/c1-19(17(23)24,21-13-15-9-5-3-6-10-15)20(2,18(25)26)22-14-16-11-7-4-8-12-16/h3-12,21-22H,13-14H2,1-2H3,(H,23,24)(H,25,26). The molecule has 2 rings (SSSR count). The molecular weight excluding hydrogens is 332 g/mol. The first-order valence-corrected chi connectivity index (χ1v) is 8.34. The zero-order valence-electron chi connectivity index (χ0n) is 14.9. The van der Waals surface area contributed by atoms with Gasteiger partial charge in [0.15, 0.2) is 0 Å². The van der Waals surface area contributed by atoms with Gasteiger partial charge in [0, 0.05) is 13.1 Å². The van der Waals surface area contributed by atoms with Gasteiger partial charge < -0.3 is 10.2 Å². The molecule has 4 N–H and O–H groups in total. The number of nitrogens with one attached hydrogen (secondary N) is 2. The van der Waals surface area contributed by atoms with Gasteiger partial charge >= 0.3 is 11.9 Å². The van der Waals surface area contributed by atoms with Crippen LogP contribution in [-0.4, -0.2) is 33.2 Å². The van der Waals surface area contributed by atoms with Crippen molar-refractivity contribution in [3.63, 3.8) is 0 Å². The van der Waals surface area contributed by atoms with Crippen LogP contribution in [-0.2, 0) is 22.7 Å². The molecule has 138 valence electrons. The molecule has 0 saturated heterocycles. The van der Waals surface area contributed by atoms with Gasteiger partial charge in [-0.3, -0.25) is 20.2 Å². The summed E-state index contributed by atoms with van der Waals surface area (Å²) in [6.07, 6.45) is 0. The van der Waals surface area contributed by atoms with Crippen molar-refractivity contribution in [2.24, 2.45) is 0 Å². The topological polar surface area (TPSA) is 98.7 Å². The Morgan fingerprint density at radius 3 is 1.31 bits per heavy atom. The van der Waals surface area contributed by atoms with Crippen LogP contribution in [0.2, 0.25) is 0 Å². The minimum absolute atomic E-state index is 0.236. The molecule has 2 aromatic rings. The van der Waals surface area contributed by atoms with Crippen molar-refractivity contribution in [3.05, 3.63) is 71.8 Å². The van der Waals surface area contributed by atoms with Crippen molar-refractivity contribution in [1.29, 1.82) is 0 Å². The van der Waals surface area contributed by atoms with E-state index in [-0.39, 0.29) is 13.1 Å². The summed E-state index contributed by atoms with van der Waals surface area (Å²) in [7, 11) is 0. The second-order valence-electron chi connectivity index (χ2n) is 6.54. The Hall–Kier alpha value is -2.70. The van der Waals surface area contributed by atoms with Gasteiger partial charge in [0.05, 0.1) is 0 Å². The van der Waals surface area contributed by atoms with Crippen molar-refractivity contribution in [2.75, 3.05) is 0 Å². The van der Waals surface area contributed by atoms with Gasteiger partial charge in [0.2, 0.25) is 0 Å². The van der Waals surface area contributed by atoms with Gasteiger partial charge in [0.1, 0.15) is 11.1 Å². The first-order valence-electron chi connectivity index (χ1n) is 8.34. The third-order valence-electron chi connectivity index (χ3n) is 4.83. The predicted octanol–water partition coefficient (Wildman–Crippen LogP) is 2.25. The van der Waals surface area contributed by atoms with Crippen LogP contribution < -0.4 is 10.6 Å². The number of rotatable bonds is 9. The van der Waals surface area contributed by atoms with Crippen molar-refractivity contribution in [3.8, 4) is 0 Å². The molecule has 0 fully saturated rings. The second-order valence-corrected chi connectivity index (χ2v) is 6.54. The maximum Gasteiger partial charge on any atom is 0.326 e. The molecule has 0 radical (unpaired) electrons. The number of benzene rings is 2. The van der Waals surface area contributed by atoms with E-state index >= 15 is 0 Å². The van der Waals surface area contributed by atoms with E-state index in [4.69, 9.17) is 0 Å². The Labute approximate surface area is 152 Å². The number of hydrogen-bond acceptors (Lipinski definition) is 4. The summed E-state index contributed by atoms with van der Waals surface area (Å²) in [6, 6.07) is 18.5. The highest BCUT2D eigenvalue weighted by atomic mass is 16.4. The molecule has 0 aliphatic heterocycles. The number of carbonyl (C=O) groups is 2. The highest BCUT2D eigenvalue weighted by Crippen LogP contribution is 2.25. The van der Waals surface area contributed by atoms with E-state index in [1.54, 1.807) is 0 Å². The molecule has 0 aliphatic carbocycles. The van der Waals surface area contributed by atoms with Crippen LogP contribution in [0.25, 0.3) is 0 Å². The van der Waals surface area contributed by atoms with Crippen LogP contribution in [0.1, 0.15) is 25.0 Å². The zero-order chi connectivity index (χ0) is 19.2. The fourth-order valence-electron chi connectivity index (χ4n) is 2.68. The Morgan fingerprint density at radius 1 is 0.731 bits per heavy atom. The Kier molecular flexibility index (Phi) is 6.13. The van der Waals surface area contributed by atoms with Crippen molar-refractivity contribution < 1.29 is 19.8 Å². The summed E-state index contributed by atoms with van der Waals surface area (Å²) >= 11 is 0. The van der Waals surface area contributed by atoms with Gasteiger partial charge in [-0.05, 0) is 25.0 Å². The Morgan fingerprint density at radius 2 is 1.04 bits per heavy atom. The van der Waals surface area contributed by atoms with E-state index < -0.39 is 23.0 Å². The average molecular weight is 356 g/mol. The van der Waals surface area contributed by atoms with Crippen LogP contribution in [0.3, 0.4) is 0 Å². The molecule has 2 unspecified atom stereocenters. The smallest absolute Gasteiger partial charge is 0.326 e. The lowest BCUT2D eigenvalue weighted by molar-refractivity contribution is -0.160. The number of hydrogen-bond donors (Lipinski definition) is 4. The largest absolute Gasteiger partial charge is 0.480 e. The van der Waals surface area contributed by atoms with Crippen LogP contribution in [0.4, 0.5) is 0 Å². The molecule has 0 amide bonds. The maximum absolute atomic E-state index is 12.0. The lowest BCUT2D eigenvalue weighted by atomic mass is 9.78. The van der Waals surface area contributed by atoms with Gasteiger partial charge in [0.25, 0.3) is 0 Å². The predicted molar refractivity (Wildman–Crippen MR) is 98.6 cm³/mol. The summed E-state index contributed by atoms with van der Waals surface area (Å²) < 4.78 is 0. The molecule has 26 heavy (non-hydrogen) atoms. The van der Waals surface area contributed by atoms with Gasteiger partial charge in [-0.25, -0.2) is 0 Å². The van der Waals surface area contributed by atoms with E-state index in [0.717, 1.165) is 11.1 Å². The molecule has 0 heterocycles. The van der Waals surface area contributed by atoms with E-state index in [1.807, 2.05) is 60.7 Å². The summed E-state index contributed by atoms with van der Waals surface area (Å²) in [6.45, 7) is 3.26. The molecule has 6 nitrogen and oxygen atoms in total. The Balaban J connectivity index is 2.25. The molecule has 0 aromatic heterocycles. The summed E-state index contributed by atoms with van der Waals surface area (Å²) in [5, 5.41) is 25.5. The first kappa shape index (κ1) is 19.6. The highest BCUT2D eigenvalue weighted by molar-refractivity contribution is 5.92. The molecule has 0 aliphatic rings. The average Bonchev–Trinajstić information content (AvgIpc) is 2.65. The lowest BCUT2D eigenvalue weighted by Crippen LogP contribution is -2.73. The molecule has 2 aromatic carbocycles. The van der Waals surface area contributed by atoms with Gasteiger partial charge in [-0.15, -0.1) is 0 Å². The van der Waals surface area contributed by atoms with E-state index in [9.17, 15) is 19.8 Å². The van der Waals surface area contributed by atoms with Gasteiger partial charge in [-0.2, -0.15) is 0 Å². The highest BCUT2D eigenvalue weighted by Gasteiger charge is 2.55. The molecular formula is C20H24N2O4. The maximum atomic E-state index is 12.0. The molecule has 0 spiro atoms.